The maximum atomic E-state index is 12.3. The topological polar surface area (TPSA) is 84.7 Å². The van der Waals surface area contributed by atoms with Gasteiger partial charge in [-0.25, -0.2) is 0 Å². The van der Waals surface area contributed by atoms with Gasteiger partial charge in [0.1, 0.15) is 6.10 Å². The Morgan fingerprint density at radius 1 is 1.46 bits per heavy atom. The van der Waals surface area contributed by atoms with Crippen LogP contribution in [-0.4, -0.2) is 37.1 Å². The van der Waals surface area contributed by atoms with Gasteiger partial charge in [0.25, 0.3) is 0 Å². The van der Waals surface area contributed by atoms with Gasteiger partial charge >= 0.3 is 0 Å². The Kier molecular flexibility index (Phi) is 5.16. The third-order valence-corrected chi connectivity index (χ3v) is 4.78. The molecule has 6 nitrogen and oxygen atoms in total. The fourth-order valence-electron chi connectivity index (χ4n) is 3.34. The van der Waals surface area contributed by atoms with E-state index in [-0.39, 0.29) is 24.0 Å². The van der Waals surface area contributed by atoms with E-state index in [1.54, 1.807) is 0 Å². The first kappa shape index (κ1) is 16.9. The Morgan fingerprint density at radius 2 is 2.29 bits per heavy atom. The number of ether oxygens (including phenoxy) is 1. The van der Waals surface area contributed by atoms with Crippen molar-refractivity contribution in [1.82, 2.24) is 5.32 Å². The second kappa shape index (κ2) is 7.32. The van der Waals surface area contributed by atoms with Crippen molar-refractivity contribution in [3.63, 3.8) is 0 Å². The molecule has 0 spiro atoms. The van der Waals surface area contributed by atoms with E-state index in [1.165, 1.54) is 0 Å². The summed E-state index contributed by atoms with van der Waals surface area (Å²) in [4.78, 5) is 26.0. The summed E-state index contributed by atoms with van der Waals surface area (Å²) in [6.45, 7) is 3.16. The number of hydrogen-bond acceptors (Lipinski definition) is 4. The highest BCUT2D eigenvalue weighted by molar-refractivity contribution is 5.95. The van der Waals surface area contributed by atoms with Crippen molar-refractivity contribution in [2.24, 2.45) is 5.73 Å². The second-order valence-corrected chi connectivity index (χ2v) is 6.53. The van der Waals surface area contributed by atoms with E-state index in [9.17, 15) is 9.59 Å². The van der Waals surface area contributed by atoms with E-state index in [2.05, 4.69) is 5.32 Å². The number of nitrogens with two attached hydrogens (primary N) is 1. The van der Waals surface area contributed by atoms with E-state index in [0.29, 0.717) is 19.4 Å². The van der Waals surface area contributed by atoms with Gasteiger partial charge in [-0.15, -0.1) is 0 Å². The summed E-state index contributed by atoms with van der Waals surface area (Å²) < 4.78 is 5.64. The van der Waals surface area contributed by atoms with Crippen LogP contribution in [0.5, 0.6) is 0 Å². The standard InChI is InChI=1S/C18H25N3O3/c1-12(20-18(23)16-8-7-15(11-19)24-16)13-4-2-5-14(10-13)21-9-3-6-17(21)22/h2,4-5,10,12,15-16H,3,6-9,11,19H2,1H3,(H,20,23)/t12?,15-,16+/m1/s1. The molecule has 0 bridgehead atoms. The number of hydrogen-bond donors (Lipinski definition) is 2. The second-order valence-electron chi connectivity index (χ2n) is 6.53. The van der Waals surface area contributed by atoms with Crippen LogP contribution in [0.3, 0.4) is 0 Å². The number of nitrogens with one attached hydrogen (secondary N) is 1. The Labute approximate surface area is 142 Å². The van der Waals surface area contributed by atoms with Crippen LogP contribution in [0, 0.1) is 0 Å². The highest BCUT2D eigenvalue weighted by Gasteiger charge is 2.30. The van der Waals surface area contributed by atoms with Gasteiger partial charge in [0.05, 0.1) is 12.1 Å². The van der Waals surface area contributed by atoms with Gasteiger partial charge in [-0.05, 0) is 43.9 Å². The zero-order chi connectivity index (χ0) is 17.1. The molecular weight excluding hydrogens is 306 g/mol. The average molecular weight is 331 g/mol. The summed E-state index contributed by atoms with van der Waals surface area (Å²) in [5.74, 6) is 0.0668. The Hall–Kier alpha value is -1.92. The van der Waals surface area contributed by atoms with E-state index < -0.39 is 6.10 Å². The third kappa shape index (κ3) is 3.60. The molecule has 1 aromatic rings. The minimum Gasteiger partial charge on any atom is -0.364 e. The molecule has 0 aromatic heterocycles. The van der Waals surface area contributed by atoms with Gasteiger partial charge in [-0.1, -0.05) is 12.1 Å². The molecule has 130 valence electrons. The van der Waals surface area contributed by atoms with E-state index in [1.807, 2.05) is 36.1 Å². The molecule has 2 saturated heterocycles. The number of amides is 2. The normalized spacial score (nSPS) is 25.1. The molecule has 3 rings (SSSR count). The summed E-state index contributed by atoms with van der Waals surface area (Å²) in [5, 5.41) is 3.00. The zero-order valence-corrected chi connectivity index (χ0v) is 14.0. The summed E-state index contributed by atoms with van der Waals surface area (Å²) in [5.41, 5.74) is 7.47. The summed E-state index contributed by atoms with van der Waals surface area (Å²) in [6, 6.07) is 7.66. The molecule has 2 amide bonds. The van der Waals surface area contributed by atoms with Crippen molar-refractivity contribution in [2.75, 3.05) is 18.0 Å². The molecule has 6 heteroatoms. The van der Waals surface area contributed by atoms with Crippen LogP contribution >= 0.6 is 0 Å². The molecule has 2 heterocycles. The van der Waals surface area contributed by atoms with Crippen LogP contribution in [0.4, 0.5) is 5.69 Å². The predicted octanol–water partition coefficient (Wildman–Crippen LogP) is 1.50. The molecule has 3 atom stereocenters. The number of carbonyl (C=O) groups excluding carboxylic acids is 2. The fraction of sp³-hybridized carbons (Fsp3) is 0.556. The highest BCUT2D eigenvalue weighted by atomic mass is 16.5. The third-order valence-electron chi connectivity index (χ3n) is 4.78. The molecule has 0 saturated carbocycles. The summed E-state index contributed by atoms with van der Waals surface area (Å²) in [7, 11) is 0. The Bertz CT molecular complexity index is 619. The monoisotopic (exact) mass is 331 g/mol. The van der Waals surface area contributed by atoms with E-state index in [0.717, 1.165) is 30.6 Å². The molecular formula is C18H25N3O3. The lowest BCUT2D eigenvalue weighted by atomic mass is 10.1. The summed E-state index contributed by atoms with van der Waals surface area (Å²) >= 11 is 0. The number of benzene rings is 1. The van der Waals surface area contributed by atoms with Gasteiger partial charge in [-0.2, -0.15) is 0 Å². The lowest BCUT2D eigenvalue weighted by Gasteiger charge is -2.21. The van der Waals surface area contributed by atoms with Gasteiger partial charge in [-0.3, -0.25) is 9.59 Å². The van der Waals surface area contributed by atoms with Crippen LogP contribution in [0.1, 0.15) is 44.2 Å². The molecule has 2 fully saturated rings. The molecule has 24 heavy (non-hydrogen) atoms. The predicted molar refractivity (Wildman–Crippen MR) is 91.5 cm³/mol. The van der Waals surface area contributed by atoms with Crippen molar-refractivity contribution < 1.29 is 14.3 Å². The molecule has 1 unspecified atom stereocenters. The minimum atomic E-state index is -0.413. The molecule has 1 aromatic carbocycles. The highest BCUT2D eigenvalue weighted by Crippen LogP contribution is 2.25. The SMILES string of the molecule is CC(NC(=O)[C@@H]1CC[C@H](CN)O1)c1cccc(N2CCCC2=O)c1. The molecule has 3 N–H and O–H groups in total. The first-order valence-electron chi connectivity index (χ1n) is 8.64. The summed E-state index contributed by atoms with van der Waals surface area (Å²) in [6.07, 6.45) is 2.62. The molecule has 2 aliphatic heterocycles. The number of nitrogens with zero attached hydrogens (tertiary/aromatic N) is 1. The first-order chi connectivity index (χ1) is 11.6. The van der Waals surface area contributed by atoms with Crippen molar-refractivity contribution in [3.05, 3.63) is 29.8 Å². The quantitative estimate of drug-likeness (QED) is 0.856. The van der Waals surface area contributed by atoms with Crippen molar-refractivity contribution in [3.8, 4) is 0 Å². The molecule has 2 aliphatic rings. The molecule has 0 aliphatic carbocycles. The number of rotatable bonds is 5. The first-order valence-corrected chi connectivity index (χ1v) is 8.64. The average Bonchev–Trinajstić information content (AvgIpc) is 3.23. The molecule has 0 radical (unpaired) electrons. The fourth-order valence-corrected chi connectivity index (χ4v) is 3.34. The van der Waals surface area contributed by atoms with Crippen LogP contribution < -0.4 is 16.0 Å². The van der Waals surface area contributed by atoms with E-state index >= 15 is 0 Å². The lowest BCUT2D eigenvalue weighted by molar-refractivity contribution is -0.132. The van der Waals surface area contributed by atoms with Gasteiger partial charge in [0.15, 0.2) is 0 Å². The van der Waals surface area contributed by atoms with Crippen molar-refractivity contribution >= 4 is 17.5 Å². The van der Waals surface area contributed by atoms with Gasteiger partial charge < -0.3 is 20.7 Å². The minimum absolute atomic E-state index is 0.0134. The Morgan fingerprint density at radius 3 is 2.96 bits per heavy atom. The van der Waals surface area contributed by atoms with Crippen LogP contribution in [0.25, 0.3) is 0 Å². The van der Waals surface area contributed by atoms with Gasteiger partial charge in [0, 0.05) is 25.2 Å². The lowest BCUT2D eigenvalue weighted by Crippen LogP contribution is -2.37. The largest absolute Gasteiger partial charge is 0.364 e. The van der Waals surface area contributed by atoms with Crippen LogP contribution in [0.2, 0.25) is 0 Å². The number of anilines is 1. The maximum Gasteiger partial charge on any atom is 0.249 e. The van der Waals surface area contributed by atoms with Crippen molar-refractivity contribution in [1.29, 1.82) is 0 Å². The van der Waals surface area contributed by atoms with Crippen LogP contribution in [0.15, 0.2) is 24.3 Å². The maximum absolute atomic E-state index is 12.3. The number of carbonyl (C=O) groups is 2. The van der Waals surface area contributed by atoms with Gasteiger partial charge in [0.2, 0.25) is 11.8 Å². The van der Waals surface area contributed by atoms with E-state index in [4.69, 9.17) is 10.5 Å². The van der Waals surface area contributed by atoms with Crippen molar-refractivity contribution in [2.45, 2.75) is 50.9 Å². The zero-order valence-electron chi connectivity index (χ0n) is 14.0. The van der Waals surface area contributed by atoms with Crippen LogP contribution in [-0.2, 0) is 14.3 Å². The smallest absolute Gasteiger partial charge is 0.249 e. The Balaban J connectivity index is 1.63.